The van der Waals surface area contributed by atoms with Crippen molar-refractivity contribution in [2.75, 3.05) is 30.9 Å². The van der Waals surface area contributed by atoms with E-state index in [0.29, 0.717) is 40.9 Å². The van der Waals surface area contributed by atoms with Crippen LogP contribution in [0.25, 0.3) is 22.6 Å². The molecule has 1 aliphatic carbocycles. The minimum atomic E-state index is -3.49. The van der Waals surface area contributed by atoms with E-state index in [2.05, 4.69) is 37.2 Å². The van der Waals surface area contributed by atoms with Crippen LogP contribution in [0.5, 0.6) is 0 Å². The molecule has 1 saturated carbocycles. The van der Waals surface area contributed by atoms with Gasteiger partial charge in [-0.1, -0.05) is 0 Å². The van der Waals surface area contributed by atoms with E-state index >= 15 is 8.78 Å². The third-order valence-corrected chi connectivity index (χ3v) is 6.74. The molecule has 0 bridgehead atoms. The molecule has 0 spiro atoms. The Morgan fingerprint density at radius 1 is 1.13 bits per heavy atom. The number of fused-ring (bicyclic) bond motifs is 2. The van der Waals surface area contributed by atoms with Crippen LogP contribution in [0.2, 0.25) is 0 Å². The van der Waals surface area contributed by atoms with Gasteiger partial charge in [0.05, 0.1) is 12.7 Å². The van der Waals surface area contributed by atoms with Gasteiger partial charge in [0.25, 0.3) is 0 Å². The highest BCUT2D eigenvalue weighted by Crippen LogP contribution is 2.34. The average molecular weight is 555 g/mol. The van der Waals surface area contributed by atoms with E-state index in [1.807, 2.05) is 12.1 Å². The fourth-order valence-corrected chi connectivity index (χ4v) is 4.13. The van der Waals surface area contributed by atoms with E-state index in [0.717, 1.165) is 37.2 Å². The number of hydrogen-bond acceptors (Lipinski definition) is 9. The molecular weight excluding hydrogens is 526 g/mol. The summed E-state index contributed by atoms with van der Waals surface area (Å²) in [5.41, 5.74) is 0.923. The van der Waals surface area contributed by atoms with Crippen LogP contribution in [0.1, 0.15) is 30.1 Å². The van der Waals surface area contributed by atoms with Gasteiger partial charge in [0.2, 0.25) is 5.82 Å². The first-order chi connectivity index (χ1) is 18.9. The van der Waals surface area contributed by atoms with Crippen LogP contribution >= 0.6 is 11.8 Å². The first-order valence-corrected chi connectivity index (χ1v) is 13.8. The fourth-order valence-electron chi connectivity index (χ4n) is 3.78. The summed E-state index contributed by atoms with van der Waals surface area (Å²) in [6.45, 7) is 1.47. The van der Waals surface area contributed by atoms with Crippen molar-refractivity contribution in [3.05, 3.63) is 66.1 Å². The maximum absolute atomic E-state index is 15.5. The SMILES string of the molecule is CNc1cn2nc(C(F)(F)c3nnc4ccc(-c5ccc(CNCCSC)o5)cn34)ccc2n1.O=CC1CC1. The number of thioether (sulfide) groups is 1. The second-order valence-electron chi connectivity index (χ2n) is 9.05. The van der Waals surface area contributed by atoms with Gasteiger partial charge < -0.3 is 19.8 Å². The molecule has 204 valence electrons. The smallest absolute Gasteiger partial charge is 0.350 e. The summed E-state index contributed by atoms with van der Waals surface area (Å²) in [7, 11) is 1.70. The van der Waals surface area contributed by atoms with Crippen LogP contribution in [0.3, 0.4) is 0 Å². The number of halogens is 2. The standard InChI is InChI=1S/C22H22F2N8OS.C4H6O/c1-25-18-13-32-19(27-18)8-6-17(30-32)22(23,24)21-29-28-20-7-3-14(12-31(20)21)16-5-4-15(33-16)11-26-9-10-34-2;5-3-4-1-2-4/h3-8,12-13,25-26H,9-11H2,1-2H3;3-4H,1-2H2. The molecule has 6 rings (SSSR count). The van der Waals surface area contributed by atoms with Gasteiger partial charge >= 0.3 is 5.92 Å². The molecule has 2 N–H and O–H groups in total. The summed E-state index contributed by atoms with van der Waals surface area (Å²) in [6, 6.07) is 9.83. The van der Waals surface area contributed by atoms with Gasteiger partial charge in [-0.3, -0.25) is 4.40 Å². The van der Waals surface area contributed by atoms with Crippen LogP contribution in [-0.2, 0) is 17.3 Å². The summed E-state index contributed by atoms with van der Waals surface area (Å²) >= 11 is 1.76. The van der Waals surface area contributed by atoms with Crippen molar-refractivity contribution in [1.29, 1.82) is 0 Å². The number of furan rings is 1. The zero-order valence-electron chi connectivity index (χ0n) is 21.5. The molecule has 0 radical (unpaired) electrons. The molecule has 1 fully saturated rings. The second kappa shape index (κ2) is 11.5. The number of alkyl halides is 2. The predicted octanol–water partition coefficient (Wildman–Crippen LogP) is 4.26. The summed E-state index contributed by atoms with van der Waals surface area (Å²) in [6.07, 6.45) is 8.46. The number of rotatable bonds is 10. The summed E-state index contributed by atoms with van der Waals surface area (Å²) in [5.74, 6) is -0.693. The Balaban J connectivity index is 0.000000555. The highest BCUT2D eigenvalue weighted by Gasteiger charge is 2.41. The molecule has 5 aromatic rings. The van der Waals surface area contributed by atoms with E-state index < -0.39 is 17.4 Å². The highest BCUT2D eigenvalue weighted by atomic mass is 32.2. The lowest BCUT2D eigenvalue weighted by Gasteiger charge is -2.14. The number of pyridine rings is 1. The zero-order valence-corrected chi connectivity index (χ0v) is 22.3. The molecule has 0 aliphatic heterocycles. The van der Waals surface area contributed by atoms with Crippen molar-refractivity contribution in [3.8, 4) is 11.3 Å². The molecule has 13 heteroatoms. The summed E-state index contributed by atoms with van der Waals surface area (Å²) < 4.78 is 39.6. The van der Waals surface area contributed by atoms with Crippen LogP contribution in [0.15, 0.2) is 53.2 Å². The van der Waals surface area contributed by atoms with Crippen molar-refractivity contribution in [3.63, 3.8) is 0 Å². The second-order valence-corrected chi connectivity index (χ2v) is 10.0. The van der Waals surface area contributed by atoms with Crippen molar-refractivity contribution in [1.82, 2.24) is 34.5 Å². The van der Waals surface area contributed by atoms with Crippen molar-refractivity contribution in [2.24, 2.45) is 5.92 Å². The number of carbonyl (C=O) groups excluding carboxylic acids is 1. The number of nitrogens with zero attached hydrogens (tertiary/aromatic N) is 6. The van der Waals surface area contributed by atoms with Gasteiger partial charge in [-0.15, -0.1) is 10.2 Å². The van der Waals surface area contributed by atoms with Gasteiger partial charge in [0, 0.05) is 37.0 Å². The maximum Gasteiger partial charge on any atom is 0.350 e. The molecule has 0 atom stereocenters. The Morgan fingerprint density at radius 3 is 2.67 bits per heavy atom. The van der Waals surface area contributed by atoms with E-state index in [9.17, 15) is 4.79 Å². The minimum absolute atomic E-state index is 0.296. The van der Waals surface area contributed by atoms with Gasteiger partial charge in [0.15, 0.2) is 11.3 Å². The Bertz CT molecular complexity index is 1580. The Morgan fingerprint density at radius 2 is 1.95 bits per heavy atom. The van der Waals surface area contributed by atoms with Crippen LogP contribution < -0.4 is 10.6 Å². The lowest BCUT2D eigenvalue weighted by atomic mass is 10.2. The van der Waals surface area contributed by atoms with Crippen LogP contribution in [-0.4, -0.2) is 61.1 Å². The number of hydrogen-bond donors (Lipinski definition) is 2. The normalized spacial score (nSPS) is 13.4. The Labute approximate surface area is 227 Å². The molecule has 39 heavy (non-hydrogen) atoms. The highest BCUT2D eigenvalue weighted by molar-refractivity contribution is 7.98. The molecule has 0 unspecified atom stereocenters. The molecule has 1 aliphatic rings. The first-order valence-electron chi connectivity index (χ1n) is 12.4. The Kier molecular flexibility index (Phi) is 7.89. The van der Waals surface area contributed by atoms with E-state index in [1.54, 1.807) is 43.3 Å². The average Bonchev–Trinajstić information content (AvgIpc) is 3.32. The van der Waals surface area contributed by atoms with Gasteiger partial charge in [-0.2, -0.15) is 25.6 Å². The summed E-state index contributed by atoms with van der Waals surface area (Å²) in [5, 5.41) is 17.9. The lowest BCUT2D eigenvalue weighted by Crippen LogP contribution is -2.22. The number of anilines is 1. The first kappa shape index (κ1) is 26.8. The number of imidazole rings is 1. The van der Waals surface area contributed by atoms with Crippen molar-refractivity contribution < 1.29 is 18.0 Å². The monoisotopic (exact) mass is 554 g/mol. The topological polar surface area (TPSA) is 115 Å². The minimum Gasteiger partial charge on any atom is -0.460 e. The summed E-state index contributed by atoms with van der Waals surface area (Å²) in [4.78, 5) is 13.8. The molecular formula is C26H28F2N8O2S. The largest absolute Gasteiger partial charge is 0.460 e. The van der Waals surface area contributed by atoms with Crippen LogP contribution in [0, 0.1) is 5.92 Å². The van der Waals surface area contributed by atoms with E-state index in [-0.39, 0.29) is 0 Å². The van der Waals surface area contributed by atoms with Crippen molar-refractivity contribution in [2.45, 2.75) is 25.3 Å². The van der Waals surface area contributed by atoms with E-state index in [1.165, 1.54) is 21.0 Å². The maximum atomic E-state index is 15.5. The zero-order chi connectivity index (χ0) is 27.4. The number of carbonyl (C=O) groups is 1. The number of aromatic nitrogens is 6. The van der Waals surface area contributed by atoms with Gasteiger partial charge in [-0.05, 0) is 55.5 Å². The van der Waals surface area contributed by atoms with Gasteiger partial charge in [-0.25, -0.2) is 9.50 Å². The fraction of sp³-hybridized carbons (Fsp3) is 0.346. The molecule has 5 heterocycles. The van der Waals surface area contributed by atoms with Crippen LogP contribution in [0.4, 0.5) is 14.6 Å². The number of nitrogens with one attached hydrogen (secondary N) is 2. The lowest BCUT2D eigenvalue weighted by molar-refractivity contribution is -0.108. The number of aldehydes is 1. The third-order valence-electron chi connectivity index (χ3n) is 6.12. The molecule has 0 saturated heterocycles. The molecule has 0 amide bonds. The molecule has 10 nitrogen and oxygen atoms in total. The molecule has 0 aromatic carbocycles. The quantitative estimate of drug-likeness (QED) is 0.193. The third kappa shape index (κ3) is 5.93. The van der Waals surface area contributed by atoms with Crippen molar-refractivity contribution >= 4 is 35.2 Å². The molecule has 5 aromatic heterocycles. The Hall–Kier alpha value is -3.84. The van der Waals surface area contributed by atoms with Gasteiger partial charge in [0.1, 0.15) is 29.3 Å². The predicted molar refractivity (Wildman–Crippen MR) is 145 cm³/mol. The van der Waals surface area contributed by atoms with E-state index in [4.69, 9.17) is 4.42 Å².